The lowest BCUT2D eigenvalue weighted by molar-refractivity contribution is -0.150. The third-order valence-corrected chi connectivity index (χ3v) is 3.98. The zero-order valence-corrected chi connectivity index (χ0v) is 10.8. The van der Waals surface area contributed by atoms with E-state index in [-0.39, 0.29) is 12.1 Å². The van der Waals surface area contributed by atoms with E-state index in [1.807, 2.05) is 6.92 Å². The van der Waals surface area contributed by atoms with Crippen molar-refractivity contribution in [1.29, 1.82) is 0 Å². The van der Waals surface area contributed by atoms with Crippen LogP contribution in [0.1, 0.15) is 31.7 Å². The summed E-state index contributed by atoms with van der Waals surface area (Å²) < 4.78 is 26.8. The van der Waals surface area contributed by atoms with Gasteiger partial charge < -0.3 is 5.11 Å². The molecule has 104 valence electrons. The molecule has 1 heterocycles. The van der Waals surface area contributed by atoms with Gasteiger partial charge in [-0.2, -0.15) is 0 Å². The molecule has 1 N–H and O–H groups in total. The van der Waals surface area contributed by atoms with Crippen molar-refractivity contribution >= 4 is 5.97 Å². The minimum Gasteiger partial charge on any atom is -0.480 e. The van der Waals surface area contributed by atoms with E-state index >= 15 is 0 Å². The number of benzene rings is 1. The summed E-state index contributed by atoms with van der Waals surface area (Å²) in [5, 5.41) is 9.43. The predicted octanol–water partition coefficient (Wildman–Crippen LogP) is 2.79. The number of nitrogens with zero attached hydrogens (tertiary/aromatic N) is 1. The Morgan fingerprint density at radius 1 is 1.47 bits per heavy atom. The van der Waals surface area contributed by atoms with Crippen molar-refractivity contribution < 1.29 is 18.7 Å². The second kappa shape index (κ2) is 5.25. The highest BCUT2D eigenvalue weighted by molar-refractivity contribution is 5.79. The quantitative estimate of drug-likeness (QED) is 0.913. The molecule has 1 aliphatic rings. The van der Waals surface area contributed by atoms with E-state index < -0.39 is 23.1 Å². The van der Waals surface area contributed by atoms with E-state index in [9.17, 15) is 18.7 Å². The molecule has 1 aromatic carbocycles. The van der Waals surface area contributed by atoms with Gasteiger partial charge in [0.25, 0.3) is 0 Å². The molecule has 0 amide bonds. The van der Waals surface area contributed by atoms with E-state index in [4.69, 9.17) is 0 Å². The number of halogens is 2. The molecule has 1 fully saturated rings. The highest BCUT2D eigenvalue weighted by atomic mass is 19.1. The molecule has 1 aliphatic heterocycles. The van der Waals surface area contributed by atoms with Crippen LogP contribution in [0.5, 0.6) is 0 Å². The first kappa shape index (κ1) is 13.9. The van der Waals surface area contributed by atoms with E-state index in [0.29, 0.717) is 19.4 Å². The highest BCUT2D eigenvalue weighted by Gasteiger charge is 2.46. The number of carboxylic acid groups (broad SMARTS) is 1. The molecule has 1 aromatic rings. The Hall–Kier alpha value is -1.49. The van der Waals surface area contributed by atoms with Crippen molar-refractivity contribution in [2.75, 3.05) is 6.54 Å². The standard InChI is InChI=1S/C14H17F2NO2/c1-2-14(13(18)19)6-3-7-17(14)9-10-8-11(15)4-5-12(10)16/h4-5,8H,2-3,6-7,9H2,1H3,(H,18,19). The topological polar surface area (TPSA) is 40.5 Å². The molecule has 19 heavy (non-hydrogen) atoms. The van der Waals surface area contributed by atoms with Gasteiger partial charge in [-0.05, 0) is 44.0 Å². The molecule has 1 saturated heterocycles. The first-order valence-electron chi connectivity index (χ1n) is 6.42. The van der Waals surface area contributed by atoms with Gasteiger partial charge in [0.2, 0.25) is 0 Å². The van der Waals surface area contributed by atoms with Crippen LogP contribution in [0.2, 0.25) is 0 Å². The lowest BCUT2D eigenvalue weighted by Crippen LogP contribution is -2.49. The third kappa shape index (κ3) is 2.47. The Morgan fingerprint density at radius 3 is 2.84 bits per heavy atom. The van der Waals surface area contributed by atoms with Gasteiger partial charge >= 0.3 is 5.97 Å². The van der Waals surface area contributed by atoms with Crippen LogP contribution < -0.4 is 0 Å². The molecule has 3 nitrogen and oxygen atoms in total. The summed E-state index contributed by atoms with van der Waals surface area (Å²) in [4.78, 5) is 13.2. The van der Waals surface area contributed by atoms with Gasteiger partial charge in [0, 0.05) is 12.1 Å². The second-order valence-corrected chi connectivity index (χ2v) is 4.95. The number of aliphatic carboxylic acids is 1. The summed E-state index contributed by atoms with van der Waals surface area (Å²) >= 11 is 0. The third-order valence-electron chi connectivity index (χ3n) is 3.98. The van der Waals surface area contributed by atoms with Crippen LogP contribution in [0.3, 0.4) is 0 Å². The van der Waals surface area contributed by atoms with Gasteiger partial charge in [-0.1, -0.05) is 6.92 Å². The predicted molar refractivity (Wildman–Crippen MR) is 66.7 cm³/mol. The van der Waals surface area contributed by atoms with Gasteiger partial charge in [-0.15, -0.1) is 0 Å². The Bertz CT molecular complexity index is 492. The lowest BCUT2D eigenvalue weighted by Gasteiger charge is -2.34. The van der Waals surface area contributed by atoms with Crippen LogP contribution >= 0.6 is 0 Å². The summed E-state index contributed by atoms with van der Waals surface area (Å²) in [6, 6.07) is 3.28. The monoisotopic (exact) mass is 269 g/mol. The molecule has 5 heteroatoms. The maximum atomic E-state index is 13.6. The van der Waals surface area contributed by atoms with E-state index in [0.717, 1.165) is 24.6 Å². The second-order valence-electron chi connectivity index (χ2n) is 4.95. The number of carbonyl (C=O) groups is 1. The van der Waals surface area contributed by atoms with Gasteiger partial charge in [0.05, 0.1) is 0 Å². The van der Waals surface area contributed by atoms with E-state index in [1.54, 1.807) is 4.90 Å². The summed E-state index contributed by atoms with van der Waals surface area (Å²) in [6.45, 7) is 2.54. The fourth-order valence-electron chi connectivity index (χ4n) is 2.83. The van der Waals surface area contributed by atoms with Crippen molar-refractivity contribution in [3.8, 4) is 0 Å². The SMILES string of the molecule is CCC1(C(=O)O)CCCN1Cc1cc(F)ccc1F. The average molecular weight is 269 g/mol. The molecule has 0 aliphatic carbocycles. The molecule has 0 spiro atoms. The number of likely N-dealkylation sites (tertiary alicyclic amines) is 1. The Labute approximate surface area is 110 Å². The number of hydrogen-bond donors (Lipinski definition) is 1. The number of hydrogen-bond acceptors (Lipinski definition) is 2. The molecule has 2 rings (SSSR count). The molecule has 0 saturated carbocycles. The van der Waals surface area contributed by atoms with Crippen LogP contribution in [-0.4, -0.2) is 28.1 Å². The first-order chi connectivity index (χ1) is 8.99. The Balaban J connectivity index is 2.27. The van der Waals surface area contributed by atoms with Gasteiger partial charge in [-0.25, -0.2) is 8.78 Å². The van der Waals surface area contributed by atoms with E-state index in [2.05, 4.69) is 0 Å². The van der Waals surface area contributed by atoms with Crippen LogP contribution in [-0.2, 0) is 11.3 Å². The van der Waals surface area contributed by atoms with Crippen molar-refractivity contribution in [2.24, 2.45) is 0 Å². The fraction of sp³-hybridized carbons (Fsp3) is 0.500. The number of carboxylic acids is 1. The highest BCUT2D eigenvalue weighted by Crippen LogP contribution is 2.34. The summed E-state index contributed by atoms with van der Waals surface area (Å²) in [7, 11) is 0. The minimum absolute atomic E-state index is 0.129. The zero-order chi connectivity index (χ0) is 14.0. The van der Waals surface area contributed by atoms with Crippen molar-refractivity contribution in [1.82, 2.24) is 4.90 Å². The molecule has 0 radical (unpaired) electrons. The van der Waals surface area contributed by atoms with Crippen molar-refractivity contribution in [3.05, 3.63) is 35.4 Å². The molecule has 1 atom stereocenters. The summed E-state index contributed by atoms with van der Waals surface area (Å²) in [6.07, 6.45) is 1.77. The summed E-state index contributed by atoms with van der Waals surface area (Å²) in [5.41, 5.74) is -0.736. The normalized spacial score (nSPS) is 23.7. The van der Waals surface area contributed by atoms with Gasteiger partial charge in [0.1, 0.15) is 17.2 Å². The fourth-order valence-corrected chi connectivity index (χ4v) is 2.83. The smallest absolute Gasteiger partial charge is 0.324 e. The lowest BCUT2D eigenvalue weighted by atomic mass is 9.92. The first-order valence-corrected chi connectivity index (χ1v) is 6.42. The van der Waals surface area contributed by atoms with Crippen LogP contribution in [0.25, 0.3) is 0 Å². The van der Waals surface area contributed by atoms with Gasteiger partial charge in [0.15, 0.2) is 0 Å². The largest absolute Gasteiger partial charge is 0.480 e. The van der Waals surface area contributed by atoms with Crippen LogP contribution in [0.15, 0.2) is 18.2 Å². The summed E-state index contributed by atoms with van der Waals surface area (Å²) in [5.74, 6) is -1.89. The van der Waals surface area contributed by atoms with Crippen LogP contribution in [0, 0.1) is 11.6 Å². The molecular weight excluding hydrogens is 252 g/mol. The minimum atomic E-state index is -0.946. The average Bonchev–Trinajstić information content (AvgIpc) is 2.78. The molecule has 0 bridgehead atoms. The van der Waals surface area contributed by atoms with Crippen molar-refractivity contribution in [2.45, 2.75) is 38.3 Å². The Morgan fingerprint density at radius 2 is 2.21 bits per heavy atom. The zero-order valence-electron chi connectivity index (χ0n) is 10.8. The van der Waals surface area contributed by atoms with Gasteiger partial charge in [-0.3, -0.25) is 9.69 Å². The molecule has 0 aromatic heterocycles. The maximum absolute atomic E-state index is 13.6. The van der Waals surface area contributed by atoms with E-state index in [1.165, 1.54) is 0 Å². The molecular formula is C14H17F2NO2. The Kier molecular flexibility index (Phi) is 3.85. The van der Waals surface area contributed by atoms with Crippen LogP contribution in [0.4, 0.5) is 8.78 Å². The van der Waals surface area contributed by atoms with Crippen molar-refractivity contribution in [3.63, 3.8) is 0 Å². The molecule has 1 unspecified atom stereocenters. The number of rotatable bonds is 4. The maximum Gasteiger partial charge on any atom is 0.324 e.